The van der Waals surface area contributed by atoms with Crippen molar-refractivity contribution in [2.45, 2.75) is 12.5 Å². The molecule has 0 saturated carbocycles. The van der Waals surface area contributed by atoms with Crippen LogP contribution in [0, 0.1) is 0 Å². The van der Waals surface area contributed by atoms with Crippen LogP contribution in [0.25, 0.3) is 22.2 Å². The minimum absolute atomic E-state index is 0.110. The predicted octanol–water partition coefficient (Wildman–Crippen LogP) is 4.71. The van der Waals surface area contributed by atoms with Gasteiger partial charge in [0, 0.05) is 48.9 Å². The standard InChI is InChI=1S/C25H27ClN6O2/c1-31-9-8-15(13-31)34-22-11-23(33-3)20(10-19(22)27)29-25-28-12-18(26)24(30-25)17-14-32(2)21-7-5-4-6-16(17)21/h4-7,10-12,14-15H,8-9,13,27H2,1-3H3,(H,28,29,30)/t15-/m0/s1. The van der Waals surface area contributed by atoms with Gasteiger partial charge in [0.2, 0.25) is 5.95 Å². The number of hydrogen-bond acceptors (Lipinski definition) is 7. The molecule has 1 atom stereocenters. The van der Waals surface area contributed by atoms with Gasteiger partial charge < -0.3 is 30.0 Å². The van der Waals surface area contributed by atoms with Gasteiger partial charge in [0.15, 0.2) is 0 Å². The van der Waals surface area contributed by atoms with Gasteiger partial charge in [-0.15, -0.1) is 0 Å². The number of hydrogen-bond donors (Lipinski definition) is 2. The van der Waals surface area contributed by atoms with Gasteiger partial charge in [-0.2, -0.15) is 0 Å². The van der Waals surface area contributed by atoms with E-state index in [1.54, 1.807) is 25.4 Å². The van der Waals surface area contributed by atoms with Crippen LogP contribution in [0.4, 0.5) is 17.3 Å². The number of fused-ring (bicyclic) bond motifs is 1. The summed E-state index contributed by atoms with van der Waals surface area (Å²) in [5.41, 5.74) is 10.2. The van der Waals surface area contributed by atoms with Crippen LogP contribution in [-0.2, 0) is 7.05 Å². The van der Waals surface area contributed by atoms with E-state index in [0.29, 0.717) is 39.5 Å². The van der Waals surface area contributed by atoms with Crippen LogP contribution in [-0.4, -0.2) is 52.8 Å². The Morgan fingerprint density at radius 3 is 2.76 bits per heavy atom. The molecule has 1 aliphatic rings. The third-order valence-corrected chi connectivity index (χ3v) is 6.39. The van der Waals surface area contributed by atoms with Gasteiger partial charge in [-0.1, -0.05) is 29.8 Å². The minimum atomic E-state index is 0.110. The number of methoxy groups -OCH3 is 1. The number of anilines is 3. The van der Waals surface area contributed by atoms with Crippen molar-refractivity contribution < 1.29 is 9.47 Å². The van der Waals surface area contributed by atoms with Gasteiger partial charge in [0.1, 0.15) is 17.6 Å². The van der Waals surface area contributed by atoms with E-state index in [9.17, 15) is 0 Å². The second-order valence-electron chi connectivity index (χ2n) is 8.57. The molecule has 1 fully saturated rings. The second kappa shape index (κ2) is 9.04. The number of nitrogens with zero attached hydrogens (tertiary/aromatic N) is 4. The highest BCUT2D eigenvalue weighted by molar-refractivity contribution is 6.33. The van der Waals surface area contributed by atoms with E-state index in [1.807, 2.05) is 25.4 Å². The lowest BCUT2D eigenvalue weighted by molar-refractivity contribution is 0.208. The quantitative estimate of drug-likeness (QED) is 0.388. The first kappa shape index (κ1) is 22.3. The van der Waals surface area contributed by atoms with Crippen LogP contribution >= 0.6 is 11.6 Å². The van der Waals surface area contributed by atoms with Gasteiger partial charge >= 0.3 is 0 Å². The van der Waals surface area contributed by atoms with E-state index in [-0.39, 0.29) is 6.10 Å². The highest BCUT2D eigenvalue weighted by Crippen LogP contribution is 2.38. The molecule has 2 aromatic carbocycles. The summed E-state index contributed by atoms with van der Waals surface area (Å²) >= 11 is 6.51. The molecule has 5 rings (SSSR count). The fourth-order valence-electron chi connectivity index (χ4n) is 4.38. The first-order valence-corrected chi connectivity index (χ1v) is 11.5. The molecular weight excluding hydrogens is 452 g/mol. The first-order chi connectivity index (χ1) is 16.4. The number of likely N-dealkylation sites (tertiary alicyclic amines) is 1. The lowest BCUT2D eigenvalue weighted by Crippen LogP contribution is -2.21. The molecular formula is C25H27ClN6O2. The summed E-state index contributed by atoms with van der Waals surface area (Å²) < 4.78 is 13.8. The third-order valence-electron chi connectivity index (χ3n) is 6.12. The van der Waals surface area contributed by atoms with Crippen LogP contribution < -0.4 is 20.5 Å². The number of para-hydroxylation sites is 1. The zero-order valence-corrected chi connectivity index (χ0v) is 20.1. The number of nitrogen functional groups attached to an aromatic ring is 1. The molecule has 1 aliphatic heterocycles. The van der Waals surface area contributed by atoms with E-state index >= 15 is 0 Å². The number of aromatic nitrogens is 3. The number of benzene rings is 2. The van der Waals surface area contributed by atoms with Crippen LogP contribution in [0.1, 0.15) is 6.42 Å². The first-order valence-electron chi connectivity index (χ1n) is 11.1. The number of halogens is 1. The molecule has 176 valence electrons. The van der Waals surface area contributed by atoms with Crippen LogP contribution in [0.5, 0.6) is 11.5 Å². The molecule has 0 amide bonds. The maximum atomic E-state index is 6.51. The Hall–Kier alpha value is -3.49. The van der Waals surface area contributed by atoms with Crippen molar-refractivity contribution in [3.8, 4) is 22.8 Å². The number of nitrogens with two attached hydrogens (primary N) is 1. The second-order valence-corrected chi connectivity index (χ2v) is 8.97. The average Bonchev–Trinajstić information content (AvgIpc) is 3.39. The highest BCUT2D eigenvalue weighted by atomic mass is 35.5. The molecule has 2 aromatic heterocycles. The lowest BCUT2D eigenvalue weighted by Gasteiger charge is -2.18. The SMILES string of the molecule is COc1cc(O[C@H]2CCN(C)C2)c(N)cc1Nc1ncc(Cl)c(-c2cn(C)c3ccccc23)n1. The van der Waals surface area contributed by atoms with Crippen molar-refractivity contribution in [1.29, 1.82) is 0 Å². The Labute approximate surface area is 203 Å². The van der Waals surface area contributed by atoms with Gasteiger partial charge in [-0.25, -0.2) is 9.97 Å². The number of rotatable bonds is 6. The summed E-state index contributed by atoms with van der Waals surface area (Å²) in [7, 11) is 5.69. The van der Waals surface area contributed by atoms with Crippen molar-refractivity contribution in [2.75, 3.05) is 38.3 Å². The largest absolute Gasteiger partial charge is 0.494 e. The molecule has 0 radical (unpaired) electrons. The summed E-state index contributed by atoms with van der Waals surface area (Å²) in [5, 5.41) is 4.77. The molecule has 0 spiro atoms. The average molecular weight is 479 g/mol. The zero-order valence-electron chi connectivity index (χ0n) is 19.4. The molecule has 0 unspecified atom stereocenters. The van der Waals surface area contributed by atoms with E-state index in [1.165, 1.54) is 0 Å². The topological polar surface area (TPSA) is 90.5 Å². The van der Waals surface area contributed by atoms with E-state index in [0.717, 1.165) is 36.0 Å². The molecule has 3 N–H and O–H groups in total. The normalized spacial score (nSPS) is 16.2. The van der Waals surface area contributed by atoms with Crippen LogP contribution in [0.15, 0.2) is 48.8 Å². The molecule has 1 saturated heterocycles. The van der Waals surface area contributed by atoms with Gasteiger partial charge in [0.25, 0.3) is 0 Å². The number of ether oxygens (including phenoxy) is 2. The molecule has 34 heavy (non-hydrogen) atoms. The van der Waals surface area contributed by atoms with Crippen LogP contribution in [0.3, 0.4) is 0 Å². The molecule has 8 nitrogen and oxygen atoms in total. The Kier molecular flexibility index (Phi) is 5.93. The Morgan fingerprint density at radius 2 is 2.00 bits per heavy atom. The number of likely N-dealkylation sites (N-methyl/N-ethyl adjacent to an activating group) is 1. The number of nitrogens with one attached hydrogen (secondary N) is 1. The maximum Gasteiger partial charge on any atom is 0.227 e. The molecule has 0 bridgehead atoms. The van der Waals surface area contributed by atoms with Crippen molar-refractivity contribution in [3.63, 3.8) is 0 Å². The van der Waals surface area contributed by atoms with E-state index in [2.05, 4.69) is 38.9 Å². The van der Waals surface area contributed by atoms with Gasteiger partial charge in [-0.05, 0) is 25.6 Å². The maximum absolute atomic E-state index is 6.51. The Morgan fingerprint density at radius 1 is 1.18 bits per heavy atom. The molecule has 3 heterocycles. The fourth-order valence-corrected chi connectivity index (χ4v) is 4.58. The van der Waals surface area contributed by atoms with Gasteiger partial charge in [0.05, 0.1) is 35.4 Å². The summed E-state index contributed by atoms with van der Waals surface area (Å²) in [4.78, 5) is 11.3. The minimum Gasteiger partial charge on any atom is -0.494 e. The van der Waals surface area contributed by atoms with Crippen LogP contribution in [0.2, 0.25) is 5.02 Å². The molecule has 0 aliphatic carbocycles. The lowest BCUT2D eigenvalue weighted by atomic mass is 10.1. The summed E-state index contributed by atoms with van der Waals surface area (Å²) in [6, 6.07) is 11.7. The van der Waals surface area contributed by atoms with Crippen molar-refractivity contribution in [3.05, 3.63) is 53.8 Å². The predicted molar refractivity (Wildman–Crippen MR) is 136 cm³/mol. The third kappa shape index (κ3) is 4.22. The van der Waals surface area contributed by atoms with Crippen molar-refractivity contribution in [1.82, 2.24) is 19.4 Å². The Balaban J connectivity index is 1.46. The molecule has 4 aromatic rings. The van der Waals surface area contributed by atoms with Crippen molar-refractivity contribution in [2.24, 2.45) is 7.05 Å². The summed E-state index contributed by atoms with van der Waals surface area (Å²) in [6.45, 7) is 1.88. The fraction of sp³-hybridized carbons (Fsp3) is 0.280. The Bertz CT molecular complexity index is 1350. The van der Waals surface area contributed by atoms with E-state index < -0.39 is 0 Å². The van der Waals surface area contributed by atoms with Crippen molar-refractivity contribution >= 4 is 39.8 Å². The summed E-state index contributed by atoms with van der Waals surface area (Å²) in [5.74, 6) is 1.58. The van der Waals surface area contributed by atoms with E-state index in [4.69, 9.17) is 31.8 Å². The zero-order chi connectivity index (χ0) is 23.8. The van der Waals surface area contributed by atoms with Gasteiger partial charge in [-0.3, -0.25) is 0 Å². The number of aryl methyl sites for hydroxylation is 1. The molecule has 9 heteroatoms. The monoisotopic (exact) mass is 478 g/mol. The highest BCUT2D eigenvalue weighted by Gasteiger charge is 2.23. The summed E-state index contributed by atoms with van der Waals surface area (Å²) in [6.07, 6.45) is 4.69. The smallest absolute Gasteiger partial charge is 0.227 e.